The van der Waals surface area contributed by atoms with Crippen LogP contribution < -0.4 is 10.5 Å². The summed E-state index contributed by atoms with van der Waals surface area (Å²) in [7, 11) is -3.03. The molecular formula is C19H23N3O3S. The molecule has 1 saturated carbocycles. The summed E-state index contributed by atoms with van der Waals surface area (Å²) in [6, 6.07) is 9.57. The Morgan fingerprint density at radius 3 is 2.46 bits per heavy atom. The highest BCUT2D eigenvalue weighted by atomic mass is 32.2. The molecule has 0 unspecified atom stereocenters. The monoisotopic (exact) mass is 373 g/mol. The van der Waals surface area contributed by atoms with Crippen LogP contribution in [-0.2, 0) is 10.0 Å². The number of para-hydroxylation sites is 1. The van der Waals surface area contributed by atoms with Gasteiger partial charge in [-0.15, -0.1) is 0 Å². The fourth-order valence-electron chi connectivity index (χ4n) is 4.44. The van der Waals surface area contributed by atoms with E-state index in [-0.39, 0.29) is 16.2 Å². The summed E-state index contributed by atoms with van der Waals surface area (Å²) in [5.74, 6) is 0. The largest absolute Gasteiger partial charge is 0.371 e. The summed E-state index contributed by atoms with van der Waals surface area (Å²) in [6.45, 7) is 3.08. The summed E-state index contributed by atoms with van der Waals surface area (Å²) >= 11 is 0. The molecule has 3 fully saturated rings. The summed E-state index contributed by atoms with van der Waals surface area (Å²) in [4.78, 5) is 17.2. The summed E-state index contributed by atoms with van der Waals surface area (Å²) < 4.78 is 26.4. The number of aromatic amines is 1. The number of aromatic nitrogens is 1. The topological polar surface area (TPSA) is 73.5 Å². The first-order valence-corrected chi connectivity index (χ1v) is 10.8. The van der Waals surface area contributed by atoms with E-state index in [1.165, 1.54) is 0 Å². The van der Waals surface area contributed by atoms with Gasteiger partial charge in [0.1, 0.15) is 0 Å². The van der Waals surface area contributed by atoms with Gasteiger partial charge in [0.25, 0.3) is 0 Å². The number of hydrogen-bond donors (Lipinski definition) is 1. The van der Waals surface area contributed by atoms with Gasteiger partial charge in [0.05, 0.1) is 16.5 Å². The maximum atomic E-state index is 12.3. The van der Waals surface area contributed by atoms with Gasteiger partial charge in [0, 0.05) is 43.0 Å². The Morgan fingerprint density at radius 2 is 1.77 bits per heavy atom. The number of benzene rings is 1. The van der Waals surface area contributed by atoms with E-state index in [1.54, 1.807) is 10.4 Å². The summed E-state index contributed by atoms with van der Waals surface area (Å²) in [5.41, 5.74) is 1.90. The number of anilines is 1. The predicted octanol–water partition coefficient (Wildman–Crippen LogP) is 1.92. The van der Waals surface area contributed by atoms with Crippen LogP contribution in [0.1, 0.15) is 25.7 Å². The molecule has 26 heavy (non-hydrogen) atoms. The molecule has 2 aromatic rings. The maximum absolute atomic E-state index is 12.3. The molecule has 1 N–H and O–H groups in total. The van der Waals surface area contributed by atoms with Crippen molar-refractivity contribution >= 4 is 26.6 Å². The highest BCUT2D eigenvalue weighted by molar-refractivity contribution is 7.90. The van der Waals surface area contributed by atoms with Gasteiger partial charge >= 0.3 is 0 Å². The van der Waals surface area contributed by atoms with E-state index in [9.17, 15) is 13.2 Å². The van der Waals surface area contributed by atoms with Crippen LogP contribution in [0.2, 0.25) is 0 Å². The minimum absolute atomic E-state index is 0.0793. The third kappa shape index (κ3) is 2.56. The molecule has 2 saturated heterocycles. The summed E-state index contributed by atoms with van der Waals surface area (Å²) in [5, 5.41) is 0.956. The van der Waals surface area contributed by atoms with Crippen molar-refractivity contribution in [3.8, 4) is 0 Å². The Labute approximate surface area is 152 Å². The zero-order valence-corrected chi connectivity index (χ0v) is 15.5. The Morgan fingerprint density at radius 1 is 1.08 bits per heavy atom. The smallest absolute Gasteiger partial charge is 0.250 e. The number of hydrogen-bond acceptors (Lipinski definition) is 4. The van der Waals surface area contributed by atoms with Crippen molar-refractivity contribution in [1.29, 1.82) is 0 Å². The van der Waals surface area contributed by atoms with E-state index in [1.807, 2.05) is 24.3 Å². The molecule has 5 rings (SSSR count). The second kappa shape index (κ2) is 5.57. The lowest BCUT2D eigenvalue weighted by Gasteiger charge is -2.53. The van der Waals surface area contributed by atoms with Crippen molar-refractivity contribution in [3.63, 3.8) is 0 Å². The first kappa shape index (κ1) is 16.3. The van der Waals surface area contributed by atoms with Crippen molar-refractivity contribution in [1.82, 2.24) is 9.29 Å². The van der Waals surface area contributed by atoms with Gasteiger partial charge in [-0.3, -0.25) is 4.79 Å². The van der Waals surface area contributed by atoms with Crippen LogP contribution >= 0.6 is 0 Å². The number of nitrogens with one attached hydrogen (secondary N) is 1. The van der Waals surface area contributed by atoms with Crippen LogP contribution in [-0.4, -0.2) is 49.1 Å². The Hall–Kier alpha value is -1.86. The molecular weight excluding hydrogens is 350 g/mol. The standard InChI is InChI=1S/C19H23N3O3S/c23-18-11-17(15-3-1-2-4-16(15)20-18)21-9-7-19(8-10-21)12-22(13-19)26(24,25)14-5-6-14/h1-4,11,14H,5-10,12-13H2,(H,20,23). The average molecular weight is 373 g/mol. The lowest BCUT2D eigenvalue weighted by Crippen LogP contribution is -2.62. The highest BCUT2D eigenvalue weighted by Crippen LogP contribution is 2.45. The fourth-order valence-corrected chi connectivity index (χ4v) is 6.51. The number of pyridine rings is 1. The molecule has 0 amide bonds. The van der Waals surface area contributed by atoms with Crippen molar-refractivity contribution in [2.24, 2.45) is 5.41 Å². The van der Waals surface area contributed by atoms with Crippen LogP contribution in [0, 0.1) is 5.41 Å². The number of fused-ring (bicyclic) bond motifs is 1. The van der Waals surface area contributed by atoms with Gasteiger partial charge < -0.3 is 9.88 Å². The van der Waals surface area contributed by atoms with Gasteiger partial charge in [0.15, 0.2) is 0 Å². The van der Waals surface area contributed by atoms with E-state index >= 15 is 0 Å². The first-order valence-electron chi connectivity index (χ1n) is 9.33. The molecule has 1 spiro atoms. The van der Waals surface area contributed by atoms with Crippen LogP contribution in [0.4, 0.5) is 5.69 Å². The Balaban J connectivity index is 1.32. The molecule has 3 heterocycles. The highest BCUT2D eigenvalue weighted by Gasteiger charge is 2.52. The number of piperidine rings is 1. The molecule has 0 bridgehead atoms. The third-order valence-corrected chi connectivity index (χ3v) is 8.51. The molecule has 6 nitrogen and oxygen atoms in total. The van der Waals surface area contributed by atoms with Gasteiger partial charge in [-0.1, -0.05) is 18.2 Å². The van der Waals surface area contributed by atoms with E-state index in [0.29, 0.717) is 13.1 Å². The van der Waals surface area contributed by atoms with Crippen LogP contribution in [0.5, 0.6) is 0 Å². The van der Waals surface area contributed by atoms with Crippen molar-refractivity contribution in [2.45, 2.75) is 30.9 Å². The van der Waals surface area contributed by atoms with Crippen molar-refractivity contribution in [3.05, 3.63) is 40.7 Å². The normalized spacial score (nSPS) is 23.3. The number of sulfonamides is 1. The second-order valence-electron chi connectivity index (χ2n) is 8.06. The van der Waals surface area contributed by atoms with E-state index in [2.05, 4.69) is 9.88 Å². The lowest BCUT2D eigenvalue weighted by molar-refractivity contribution is 0.0436. The zero-order valence-electron chi connectivity index (χ0n) is 14.6. The average Bonchev–Trinajstić information content (AvgIpc) is 3.44. The molecule has 1 aromatic heterocycles. The van der Waals surface area contributed by atoms with Gasteiger partial charge in [-0.25, -0.2) is 12.7 Å². The molecule has 3 aliphatic rings. The molecule has 0 radical (unpaired) electrons. The summed E-state index contributed by atoms with van der Waals surface area (Å²) in [6.07, 6.45) is 3.61. The molecule has 1 aromatic carbocycles. The quantitative estimate of drug-likeness (QED) is 0.892. The number of H-pyrrole nitrogens is 1. The molecule has 2 aliphatic heterocycles. The number of nitrogens with zero attached hydrogens (tertiary/aromatic N) is 2. The van der Waals surface area contributed by atoms with Crippen molar-refractivity contribution in [2.75, 3.05) is 31.1 Å². The fraction of sp³-hybridized carbons (Fsp3) is 0.526. The third-order valence-electron chi connectivity index (χ3n) is 6.22. The Kier molecular flexibility index (Phi) is 3.49. The van der Waals surface area contributed by atoms with Crippen molar-refractivity contribution < 1.29 is 8.42 Å². The molecule has 138 valence electrons. The zero-order chi connectivity index (χ0) is 17.9. The SMILES string of the molecule is O=c1cc(N2CCC3(CC2)CN(S(=O)(=O)C2CC2)C3)c2ccccc2[nH]1. The lowest BCUT2D eigenvalue weighted by atomic mass is 9.73. The predicted molar refractivity (Wildman–Crippen MR) is 102 cm³/mol. The van der Waals surface area contributed by atoms with Crippen LogP contribution in [0.3, 0.4) is 0 Å². The van der Waals surface area contributed by atoms with Crippen LogP contribution in [0.25, 0.3) is 10.9 Å². The minimum Gasteiger partial charge on any atom is -0.371 e. The first-order chi connectivity index (χ1) is 12.5. The molecule has 7 heteroatoms. The van der Waals surface area contributed by atoms with E-state index in [0.717, 1.165) is 55.4 Å². The van der Waals surface area contributed by atoms with E-state index in [4.69, 9.17) is 0 Å². The Bertz CT molecular complexity index is 1010. The van der Waals surface area contributed by atoms with Crippen LogP contribution in [0.15, 0.2) is 35.1 Å². The second-order valence-corrected chi connectivity index (χ2v) is 10.3. The molecule has 0 atom stereocenters. The molecule has 1 aliphatic carbocycles. The number of rotatable bonds is 3. The van der Waals surface area contributed by atoms with Gasteiger partial charge in [-0.2, -0.15) is 0 Å². The van der Waals surface area contributed by atoms with E-state index < -0.39 is 10.0 Å². The van der Waals surface area contributed by atoms with Gasteiger partial charge in [0.2, 0.25) is 15.6 Å². The van der Waals surface area contributed by atoms with Gasteiger partial charge in [-0.05, 0) is 31.7 Å². The maximum Gasteiger partial charge on any atom is 0.250 e. The minimum atomic E-state index is -3.03.